The topological polar surface area (TPSA) is 39.7 Å². The third-order valence-corrected chi connectivity index (χ3v) is 4.28. The number of rotatable bonds is 4. The van der Waals surface area contributed by atoms with E-state index in [0.29, 0.717) is 6.54 Å². The highest BCUT2D eigenvalue weighted by molar-refractivity contribution is 5.94. The van der Waals surface area contributed by atoms with Gasteiger partial charge in [0.05, 0.1) is 12.7 Å². The van der Waals surface area contributed by atoms with Crippen molar-refractivity contribution in [3.05, 3.63) is 54.5 Å². The van der Waals surface area contributed by atoms with Gasteiger partial charge in [0.15, 0.2) is 0 Å². The van der Waals surface area contributed by atoms with Crippen LogP contribution in [0, 0.1) is 5.82 Å². The Morgan fingerprint density at radius 2 is 1.83 bits per heavy atom. The minimum atomic E-state index is -0.327. The Morgan fingerprint density at radius 3 is 2.46 bits per heavy atom. The van der Waals surface area contributed by atoms with Crippen LogP contribution in [0.15, 0.2) is 48.7 Å². The molecule has 126 valence electrons. The highest BCUT2D eigenvalue weighted by Crippen LogP contribution is 2.15. The Kier molecular flexibility index (Phi) is 5.05. The van der Waals surface area contributed by atoms with Gasteiger partial charge in [-0.3, -0.25) is 9.69 Å². The van der Waals surface area contributed by atoms with Crippen LogP contribution in [0.1, 0.15) is 0 Å². The molecule has 5 nitrogen and oxygen atoms in total. The number of para-hydroxylation sites is 1. The molecule has 3 rings (SSSR count). The molecule has 0 saturated carbocycles. The van der Waals surface area contributed by atoms with E-state index in [0.717, 1.165) is 37.7 Å². The molecule has 0 spiro atoms. The lowest BCUT2D eigenvalue weighted by molar-refractivity contribution is -0.119. The van der Waals surface area contributed by atoms with Crippen molar-refractivity contribution >= 4 is 17.4 Å². The number of benzene rings is 1. The zero-order valence-electron chi connectivity index (χ0n) is 13.7. The summed E-state index contributed by atoms with van der Waals surface area (Å²) in [6.07, 6.45) is 1.24. The van der Waals surface area contributed by atoms with Gasteiger partial charge in [0.25, 0.3) is 0 Å². The fourth-order valence-corrected chi connectivity index (χ4v) is 2.78. The number of piperazine rings is 1. The van der Waals surface area contributed by atoms with Crippen molar-refractivity contribution in [2.75, 3.05) is 49.6 Å². The number of aromatic nitrogens is 1. The predicted octanol–water partition coefficient (Wildman–Crippen LogP) is 2.01. The van der Waals surface area contributed by atoms with E-state index >= 15 is 0 Å². The van der Waals surface area contributed by atoms with E-state index in [4.69, 9.17) is 0 Å². The lowest BCUT2D eigenvalue weighted by Crippen LogP contribution is -2.50. The van der Waals surface area contributed by atoms with E-state index < -0.39 is 0 Å². The Labute approximate surface area is 141 Å². The summed E-state index contributed by atoms with van der Waals surface area (Å²) < 4.78 is 12.9. The summed E-state index contributed by atoms with van der Waals surface area (Å²) in [5.41, 5.74) is 0.900. The molecule has 0 atom stereocenters. The van der Waals surface area contributed by atoms with Crippen LogP contribution < -0.4 is 9.80 Å². The molecule has 24 heavy (non-hydrogen) atoms. The Balaban J connectivity index is 1.52. The summed E-state index contributed by atoms with van der Waals surface area (Å²) in [4.78, 5) is 22.5. The van der Waals surface area contributed by atoms with Gasteiger partial charge >= 0.3 is 0 Å². The number of amides is 1. The highest BCUT2D eigenvalue weighted by Gasteiger charge is 2.21. The average molecular weight is 328 g/mol. The Hall–Kier alpha value is -2.47. The van der Waals surface area contributed by atoms with Crippen LogP contribution in [0.3, 0.4) is 0 Å². The number of anilines is 2. The van der Waals surface area contributed by atoms with Crippen LogP contribution in [0.2, 0.25) is 0 Å². The summed E-state index contributed by atoms with van der Waals surface area (Å²) in [5.74, 6) is 0.533. The number of carbonyl (C=O) groups excluding carboxylic acids is 1. The summed E-state index contributed by atoms with van der Waals surface area (Å²) >= 11 is 0. The van der Waals surface area contributed by atoms with Gasteiger partial charge in [-0.15, -0.1) is 0 Å². The van der Waals surface area contributed by atoms with Gasteiger partial charge in [-0.05, 0) is 24.3 Å². The van der Waals surface area contributed by atoms with Crippen molar-refractivity contribution in [1.82, 2.24) is 9.88 Å². The first-order valence-corrected chi connectivity index (χ1v) is 8.04. The molecule has 1 aromatic heterocycles. The molecule has 0 aliphatic carbocycles. The highest BCUT2D eigenvalue weighted by atomic mass is 19.1. The summed E-state index contributed by atoms with van der Waals surface area (Å²) in [7, 11) is 1.80. The molecular weight excluding hydrogens is 307 g/mol. The fourth-order valence-electron chi connectivity index (χ4n) is 2.78. The maximum atomic E-state index is 12.9. The second-order valence-corrected chi connectivity index (χ2v) is 5.89. The van der Waals surface area contributed by atoms with E-state index in [1.54, 1.807) is 18.0 Å². The molecule has 1 saturated heterocycles. The van der Waals surface area contributed by atoms with Crippen LogP contribution in [0.5, 0.6) is 0 Å². The van der Waals surface area contributed by atoms with Crippen molar-refractivity contribution in [2.45, 2.75) is 0 Å². The largest absolute Gasteiger partial charge is 0.354 e. The van der Waals surface area contributed by atoms with E-state index in [1.165, 1.54) is 12.3 Å². The smallest absolute Gasteiger partial charge is 0.240 e. The number of carbonyl (C=O) groups is 1. The predicted molar refractivity (Wildman–Crippen MR) is 92.7 cm³/mol. The molecule has 0 bridgehead atoms. The minimum absolute atomic E-state index is 0.0783. The van der Waals surface area contributed by atoms with Crippen LogP contribution in [-0.4, -0.2) is 55.6 Å². The minimum Gasteiger partial charge on any atom is -0.354 e. The molecule has 1 fully saturated rings. The molecular formula is C18H21FN4O. The lowest BCUT2D eigenvalue weighted by atomic mass is 10.2. The van der Waals surface area contributed by atoms with Crippen LogP contribution in [0.4, 0.5) is 15.9 Å². The number of likely N-dealkylation sites (N-methyl/N-ethyl adjacent to an activating group) is 1. The van der Waals surface area contributed by atoms with Crippen molar-refractivity contribution in [3.63, 3.8) is 0 Å². The molecule has 1 amide bonds. The van der Waals surface area contributed by atoms with Crippen LogP contribution in [-0.2, 0) is 4.79 Å². The molecule has 0 N–H and O–H groups in total. The van der Waals surface area contributed by atoms with Crippen molar-refractivity contribution in [2.24, 2.45) is 0 Å². The maximum Gasteiger partial charge on any atom is 0.240 e. The van der Waals surface area contributed by atoms with E-state index in [1.807, 2.05) is 30.3 Å². The zero-order chi connectivity index (χ0) is 16.9. The number of pyridine rings is 1. The van der Waals surface area contributed by atoms with Gasteiger partial charge in [-0.25, -0.2) is 9.37 Å². The van der Waals surface area contributed by atoms with E-state index in [9.17, 15) is 9.18 Å². The Morgan fingerprint density at radius 1 is 1.12 bits per heavy atom. The molecule has 1 aromatic carbocycles. The molecule has 1 aliphatic rings. The van der Waals surface area contributed by atoms with Crippen molar-refractivity contribution in [3.8, 4) is 0 Å². The summed E-state index contributed by atoms with van der Waals surface area (Å²) in [6.45, 7) is 3.53. The van der Waals surface area contributed by atoms with E-state index in [2.05, 4.69) is 14.8 Å². The van der Waals surface area contributed by atoms with E-state index in [-0.39, 0.29) is 11.7 Å². The molecule has 0 radical (unpaired) electrons. The third kappa shape index (κ3) is 3.89. The normalized spacial score (nSPS) is 15.3. The number of halogens is 1. The maximum absolute atomic E-state index is 12.9. The SMILES string of the molecule is CN(C(=O)CN1CCN(c2ccc(F)cn2)CC1)c1ccccc1. The molecule has 0 unspecified atom stereocenters. The van der Waals surface area contributed by atoms with Gasteiger partial charge in [0.1, 0.15) is 11.6 Å². The quantitative estimate of drug-likeness (QED) is 0.861. The molecule has 1 aliphatic heterocycles. The first-order valence-electron chi connectivity index (χ1n) is 8.04. The monoisotopic (exact) mass is 328 g/mol. The summed E-state index contributed by atoms with van der Waals surface area (Å²) in [6, 6.07) is 12.8. The Bertz CT molecular complexity index is 669. The number of nitrogens with zero attached hydrogens (tertiary/aromatic N) is 4. The third-order valence-electron chi connectivity index (χ3n) is 4.28. The standard InChI is InChI=1S/C18H21FN4O/c1-21(16-5-3-2-4-6-16)18(24)14-22-9-11-23(12-10-22)17-8-7-15(19)13-20-17/h2-8,13H,9-12,14H2,1H3. The first kappa shape index (κ1) is 16.4. The first-order chi connectivity index (χ1) is 11.6. The van der Waals surface area contributed by atoms with Crippen LogP contribution >= 0.6 is 0 Å². The van der Waals surface area contributed by atoms with Gasteiger partial charge in [-0.1, -0.05) is 18.2 Å². The van der Waals surface area contributed by atoms with Gasteiger partial charge in [-0.2, -0.15) is 0 Å². The van der Waals surface area contributed by atoms with Crippen LogP contribution in [0.25, 0.3) is 0 Å². The van der Waals surface area contributed by atoms with Gasteiger partial charge < -0.3 is 9.80 Å². The number of hydrogen-bond acceptors (Lipinski definition) is 4. The lowest BCUT2D eigenvalue weighted by Gasteiger charge is -2.35. The second kappa shape index (κ2) is 7.40. The summed E-state index contributed by atoms with van der Waals surface area (Å²) in [5, 5.41) is 0. The molecule has 2 heterocycles. The number of hydrogen-bond donors (Lipinski definition) is 0. The zero-order valence-corrected chi connectivity index (χ0v) is 13.7. The fraction of sp³-hybridized carbons (Fsp3) is 0.333. The molecule has 6 heteroatoms. The average Bonchev–Trinajstić information content (AvgIpc) is 2.63. The van der Waals surface area contributed by atoms with Crippen molar-refractivity contribution < 1.29 is 9.18 Å². The van der Waals surface area contributed by atoms with Gasteiger partial charge in [0.2, 0.25) is 5.91 Å². The second-order valence-electron chi connectivity index (χ2n) is 5.89. The molecule has 2 aromatic rings. The van der Waals surface area contributed by atoms with Gasteiger partial charge in [0, 0.05) is 38.9 Å². The van der Waals surface area contributed by atoms with Crippen molar-refractivity contribution in [1.29, 1.82) is 0 Å².